The number of hydrogen-bond donors (Lipinski definition) is 0. The second kappa shape index (κ2) is 3.66. The van der Waals surface area contributed by atoms with E-state index in [1.807, 2.05) is 13.8 Å². The predicted molar refractivity (Wildman–Crippen MR) is 72.1 cm³/mol. The Morgan fingerprint density at radius 2 is 1.74 bits per heavy atom. The number of carbonyl (C=O) groups excluding carboxylic acids is 2. The lowest BCUT2D eigenvalue weighted by atomic mass is 10.0. The molecule has 1 aromatic carbocycles. The molecule has 2 unspecified atom stereocenters. The Bertz CT molecular complexity index is 602. The number of fused-ring (bicyclic) bond motifs is 1. The van der Waals surface area contributed by atoms with E-state index in [4.69, 9.17) is 0 Å². The van der Waals surface area contributed by atoms with E-state index in [1.54, 1.807) is 13.0 Å². The van der Waals surface area contributed by atoms with Gasteiger partial charge in [-0.2, -0.15) is 0 Å². The van der Waals surface area contributed by atoms with Crippen molar-refractivity contribution in [3.8, 4) is 0 Å². The Kier molecular flexibility index (Phi) is 2.46. The minimum Gasteiger partial charge on any atom is -0.274 e. The van der Waals surface area contributed by atoms with Crippen molar-refractivity contribution in [2.24, 2.45) is 17.3 Å². The van der Waals surface area contributed by atoms with Crippen LogP contribution in [0.5, 0.6) is 0 Å². The number of amides is 2. The molecule has 2 amide bonds. The highest BCUT2D eigenvalue weighted by atomic mass is 79.9. The summed E-state index contributed by atoms with van der Waals surface area (Å²) in [6, 6.07) is 2.83. The van der Waals surface area contributed by atoms with Gasteiger partial charge in [0.25, 0.3) is 0 Å². The SMILES string of the molecule is Cc1cc(Br)c(F)cc1N1C(=O)C2C(C1=O)C2(C)C. The molecule has 19 heavy (non-hydrogen) atoms. The standard InChI is InChI=1S/C14H13BrFNO2/c1-6-4-7(15)8(16)5-9(6)17-12(18)10-11(13(17)19)14(10,2)3/h4-5,10-11H,1-3H3. The summed E-state index contributed by atoms with van der Waals surface area (Å²) < 4.78 is 14.0. The topological polar surface area (TPSA) is 37.4 Å². The first-order valence-corrected chi connectivity index (χ1v) is 6.89. The third kappa shape index (κ3) is 1.54. The van der Waals surface area contributed by atoms with Crippen LogP contribution in [0.1, 0.15) is 19.4 Å². The first-order chi connectivity index (χ1) is 8.76. The minimum atomic E-state index is -0.471. The fourth-order valence-corrected chi connectivity index (χ4v) is 3.52. The first kappa shape index (κ1) is 12.8. The van der Waals surface area contributed by atoms with Crippen LogP contribution in [0, 0.1) is 30.0 Å². The number of aryl methyl sites for hydroxylation is 1. The van der Waals surface area contributed by atoms with Gasteiger partial charge in [-0.25, -0.2) is 9.29 Å². The molecule has 1 heterocycles. The zero-order valence-corrected chi connectivity index (χ0v) is 12.4. The zero-order chi connectivity index (χ0) is 14.1. The van der Waals surface area contributed by atoms with Gasteiger partial charge in [-0.3, -0.25) is 9.59 Å². The molecule has 2 atom stereocenters. The highest BCUT2D eigenvalue weighted by Gasteiger charge is 2.72. The van der Waals surface area contributed by atoms with E-state index < -0.39 is 5.82 Å². The van der Waals surface area contributed by atoms with E-state index >= 15 is 0 Å². The van der Waals surface area contributed by atoms with Crippen molar-refractivity contribution >= 4 is 33.4 Å². The van der Waals surface area contributed by atoms with Gasteiger partial charge in [0.1, 0.15) is 5.82 Å². The Morgan fingerprint density at radius 3 is 2.26 bits per heavy atom. The molecule has 2 fully saturated rings. The molecule has 1 aliphatic carbocycles. The number of imide groups is 1. The number of halogens is 2. The third-order valence-electron chi connectivity index (χ3n) is 4.28. The van der Waals surface area contributed by atoms with Gasteiger partial charge < -0.3 is 0 Å². The van der Waals surface area contributed by atoms with Gasteiger partial charge in [-0.05, 0) is 46.0 Å². The van der Waals surface area contributed by atoms with Crippen molar-refractivity contribution < 1.29 is 14.0 Å². The first-order valence-electron chi connectivity index (χ1n) is 6.10. The monoisotopic (exact) mass is 325 g/mol. The lowest BCUT2D eigenvalue weighted by molar-refractivity contribution is -0.125. The Morgan fingerprint density at radius 1 is 1.21 bits per heavy atom. The van der Waals surface area contributed by atoms with Crippen LogP contribution >= 0.6 is 15.9 Å². The summed E-state index contributed by atoms with van der Waals surface area (Å²) in [7, 11) is 0. The van der Waals surface area contributed by atoms with Crippen molar-refractivity contribution in [3.05, 3.63) is 28.0 Å². The summed E-state index contributed by atoms with van der Waals surface area (Å²) in [5, 5.41) is 0. The van der Waals surface area contributed by atoms with Crippen LogP contribution in [-0.4, -0.2) is 11.8 Å². The minimum absolute atomic E-state index is 0.204. The summed E-state index contributed by atoms with van der Waals surface area (Å²) in [4.78, 5) is 25.7. The average molecular weight is 326 g/mol. The molecule has 1 saturated carbocycles. The third-order valence-corrected chi connectivity index (χ3v) is 4.89. The molecule has 5 heteroatoms. The van der Waals surface area contributed by atoms with E-state index in [2.05, 4.69) is 15.9 Å². The van der Waals surface area contributed by atoms with E-state index in [1.165, 1.54) is 6.07 Å². The normalized spacial score (nSPS) is 27.7. The van der Waals surface area contributed by atoms with Crippen molar-refractivity contribution in [3.63, 3.8) is 0 Å². The van der Waals surface area contributed by atoms with Gasteiger partial charge in [-0.15, -0.1) is 0 Å². The maximum atomic E-state index is 13.6. The molecule has 0 radical (unpaired) electrons. The van der Waals surface area contributed by atoms with E-state index in [0.29, 0.717) is 15.7 Å². The maximum absolute atomic E-state index is 13.6. The Hall–Kier alpha value is -1.23. The molecule has 3 nitrogen and oxygen atoms in total. The lowest BCUT2D eigenvalue weighted by Crippen LogP contribution is -2.36. The summed E-state index contributed by atoms with van der Waals surface area (Å²) in [6.07, 6.45) is 0. The maximum Gasteiger partial charge on any atom is 0.238 e. The lowest BCUT2D eigenvalue weighted by Gasteiger charge is -2.22. The molecule has 0 spiro atoms. The molecule has 2 aliphatic rings. The van der Waals surface area contributed by atoms with Crippen LogP contribution in [0.25, 0.3) is 0 Å². The average Bonchev–Trinajstić information content (AvgIpc) is 2.76. The highest BCUT2D eigenvalue weighted by Crippen LogP contribution is 2.63. The van der Waals surface area contributed by atoms with Crippen LogP contribution in [0.3, 0.4) is 0 Å². The molecular weight excluding hydrogens is 313 g/mol. The molecule has 1 saturated heterocycles. The number of benzene rings is 1. The van der Waals surface area contributed by atoms with Crippen LogP contribution in [0.4, 0.5) is 10.1 Å². The second-order valence-electron chi connectivity index (χ2n) is 5.84. The number of rotatable bonds is 1. The summed E-state index contributed by atoms with van der Waals surface area (Å²) >= 11 is 3.09. The van der Waals surface area contributed by atoms with E-state index in [9.17, 15) is 14.0 Å². The van der Waals surface area contributed by atoms with Crippen LogP contribution in [0.15, 0.2) is 16.6 Å². The Labute approximate surface area is 118 Å². The van der Waals surface area contributed by atoms with Crippen LogP contribution in [0.2, 0.25) is 0 Å². The Balaban J connectivity index is 2.04. The van der Waals surface area contributed by atoms with Crippen molar-refractivity contribution in [1.82, 2.24) is 0 Å². The van der Waals surface area contributed by atoms with Crippen LogP contribution < -0.4 is 4.90 Å². The fraction of sp³-hybridized carbons (Fsp3) is 0.429. The van der Waals surface area contributed by atoms with E-state index in [0.717, 1.165) is 4.90 Å². The van der Waals surface area contributed by atoms with Gasteiger partial charge in [-0.1, -0.05) is 13.8 Å². The molecule has 100 valence electrons. The van der Waals surface area contributed by atoms with E-state index in [-0.39, 0.29) is 29.1 Å². The highest BCUT2D eigenvalue weighted by molar-refractivity contribution is 9.10. The quantitative estimate of drug-likeness (QED) is 0.744. The largest absolute Gasteiger partial charge is 0.274 e. The molecule has 0 N–H and O–H groups in total. The molecule has 0 aromatic heterocycles. The summed E-state index contributed by atoms with van der Waals surface area (Å²) in [5.74, 6) is -1.37. The molecular formula is C14H13BrFNO2. The van der Waals surface area contributed by atoms with Crippen molar-refractivity contribution in [1.29, 1.82) is 0 Å². The smallest absolute Gasteiger partial charge is 0.238 e. The van der Waals surface area contributed by atoms with Gasteiger partial charge in [0.05, 0.1) is 22.0 Å². The van der Waals surface area contributed by atoms with Gasteiger partial charge in [0.2, 0.25) is 11.8 Å². The number of piperidine rings is 1. The number of hydrogen-bond acceptors (Lipinski definition) is 2. The predicted octanol–water partition coefficient (Wildman–Crippen LogP) is 3.04. The van der Waals surface area contributed by atoms with Crippen molar-refractivity contribution in [2.45, 2.75) is 20.8 Å². The molecule has 3 rings (SSSR count). The number of anilines is 1. The fourth-order valence-electron chi connectivity index (χ4n) is 3.06. The molecule has 1 aromatic rings. The second-order valence-corrected chi connectivity index (χ2v) is 6.70. The molecule has 1 aliphatic heterocycles. The van der Waals surface area contributed by atoms with Crippen molar-refractivity contribution in [2.75, 3.05) is 4.90 Å². The van der Waals surface area contributed by atoms with Gasteiger partial charge in [0.15, 0.2) is 0 Å². The molecule has 0 bridgehead atoms. The van der Waals surface area contributed by atoms with Gasteiger partial charge in [0, 0.05) is 0 Å². The number of carbonyl (C=O) groups is 2. The summed E-state index contributed by atoms with van der Waals surface area (Å²) in [6.45, 7) is 5.60. The summed E-state index contributed by atoms with van der Waals surface area (Å²) in [5.41, 5.74) is 0.819. The van der Waals surface area contributed by atoms with Crippen LogP contribution in [-0.2, 0) is 9.59 Å². The number of nitrogens with zero attached hydrogens (tertiary/aromatic N) is 1. The zero-order valence-electron chi connectivity index (χ0n) is 10.8. The van der Waals surface area contributed by atoms with Gasteiger partial charge >= 0.3 is 0 Å².